The van der Waals surface area contributed by atoms with Crippen LogP contribution >= 0.6 is 0 Å². The van der Waals surface area contributed by atoms with E-state index in [9.17, 15) is 18.8 Å². The van der Waals surface area contributed by atoms with Crippen molar-refractivity contribution in [1.29, 1.82) is 0 Å². The molecule has 29 heavy (non-hydrogen) atoms. The summed E-state index contributed by atoms with van der Waals surface area (Å²) in [7, 11) is 0. The Kier molecular flexibility index (Phi) is 5.76. The summed E-state index contributed by atoms with van der Waals surface area (Å²) in [5, 5.41) is 2.71. The first-order valence-corrected chi connectivity index (χ1v) is 9.02. The summed E-state index contributed by atoms with van der Waals surface area (Å²) in [5.41, 5.74) is 0.149. The normalized spacial score (nSPS) is 12.0. The van der Waals surface area contributed by atoms with Crippen molar-refractivity contribution in [3.05, 3.63) is 63.7 Å². The highest BCUT2D eigenvalue weighted by Gasteiger charge is 2.24. The SMILES string of the molecule is CCOC(=O)c1c(C)oc2ncn(CC(=O)NC(C)c3ccc(F)cc3)c(=O)c12. The summed E-state index contributed by atoms with van der Waals surface area (Å²) >= 11 is 0. The van der Waals surface area contributed by atoms with Gasteiger partial charge in [-0.05, 0) is 38.5 Å². The average molecular weight is 401 g/mol. The summed E-state index contributed by atoms with van der Waals surface area (Å²) in [5.74, 6) is -1.28. The van der Waals surface area contributed by atoms with Gasteiger partial charge in [-0.2, -0.15) is 0 Å². The average Bonchev–Trinajstić information content (AvgIpc) is 3.01. The molecule has 1 N–H and O–H groups in total. The number of aryl methyl sites for hydroxylation is 1. The first kappa shape index (κ1) is 20.2. The number of halogens is 1. The van der Waals surface area contributed by atoms with Gasteiger partial charge in [-0.1, -0.05) is 12.1 Å². The van der Waals surface area contributed by atoms with Gasteiger partial charge in [0, 0.05) is 0 Å². The van der Waals surface area contributed by atoms with E-state index in [-0.39, 0.29) is 47.4 Å². The van der Waals surface area contributed by atoms with Crippen LogP contribution in [0.15, 0.2) is 39.8 Å². The largest absolute Gasteiger partial charge is 0.462 e. The molecule has 2 heterocycles. The van der Waals surface area contributed by atoms with Crippen LogP contribution in [0, 0.1) is 12.7 Å². The van der Waals surface area contributed by atoms with Gasteiger partial charge < -0.3 is 14.5 Å². The molecule has 152 valence electrons. The van der Waals surface area contributed by atoms with Crippen molar-refractivity contribution in [1.82, 2.24) is 14.9 Å². The molecule has 0 radical (unpaired) electrons. The van der Waals surface area contributed by atoms with E-state index in [0.29, 0.717) is 0 Å². The van der Waals surface area contributed by atoms with E-state index in [1.165, 1.54) is 25.4 Å². The Hall–Kier alpha value is -3.49. The Morgan fingerprint density at radius 3 is 2.66 bits per heavy atom. The summed E-state index contributed by atoms with van der Waals surface area (Å²) in [4.78, 5) is 41.4. The zero-order valence-corrected chi connectivity index (χ0v) is 16.2. The van der Waals surface area contributed by atoms with Gasteiger partial charge in [0.05, 0.1) is 12.6 Å². The quantitative estimate of drug-likeness (QED) is 0.637. The molecule has 1 unspecified atom stereocenters. The fourth-order valence-electron chi connectivity index (χ4n) is 2.98. The number of nitrogens with one attached hydrogen (secondary N) is 1. The molecule has 8 nitrogen and oxygen atoms in total. The van der Waals surface area contributed by atoms with Crippen molar-refractivity contribution >= 4 is 23.0 Å². The van der Waals surface area contributed by atoms with E-state index >= 15 is 0 Å². The molecule has 0 aliphatic heterocycles. The lowest BCUT2D eigenvalue weighted by molar-refractivity contribution is -0.122. The summed E-state index contributed by atoms with van der Waals surface area (Å²) in [6.45, 7) is 4.77. The standard InChI is InChI=1S/C20H20FN3O5/c1-4-28-20(27)16-12(3)29-18-17(16)19(26)24(10-22-18)9-15(25)23-11(2)13-5-7-14(21)8-6-13/h5-8,10-11H,4,9H2,1-3H3,(H,23,25). The number of nitrogens with zero attached hydrogens (tertiary/aromatic N) is 2. The number of amides is 1. The molecule has 0 fully saturated rings. The molecule has 1 atom stereocenters. The number of rotatable bonds is 6. The lowest BCUT2D eigenvalue weighted by Gasteiger charge is -2.15. The summed E-state index contributed by atoms with van der Waals surface area (Å²) in [6.07, 6.45) is 1.19. The molecule has 0 spiro atoms. The van der Waals surface area contributed by atoms with E-state index in [1.807, 2.05) is 0 Å². The molecule has 3 rings (SSSR count). The van der Waals surface area contributed by atoms with Crippen molar-refractivity contribution in [3.8, 4) is 0 Å². The van der Waals surface area contributed by atoms with E-state index in [2.05, 4.69) is 10.3 Å². The second kappa shape index (κ2) is 8.26. The highest BCUT2D eigenvalue weighted by atomic mass is 19.1. The van der Waals surface area contributed by atoms with E-state index in [4.69, 9.17) is 9.15 Å². The maximum atomic E-state index is 13.0. The lowest BCUT2D eigenvalue weighted by Crippen LogP contribution is -2.34. The second-order valence-electron chi connectivity index (χ2n) is 6.45. The third-order valence-corrected chi connectivity index (χ3v) is 4.40. The molecule has 9 heteroatoms. The number of fused-ring (bicyclic) bond motifs is 1. The fourth-order valence-corrected chi connectivity index (χ4v) is 2.98. The van der Waals surface area contributed by atoms with Crippen molar-refractivity contribution < 1.29 is 23.1 Å². The van der Waals surface area contributed by atoms with Gasteiger partial charge in [0.2, 0.25) is 11.6 Å². The van der Waals surface area contributed by atoms with Gasteiger partial charge in [-0.25, -0.2) is 14.2 Å². The van der Waals surface area contributed by atoms with Crippen molar-refractivity contribution in [2.45, 2.75) is 33.4 Å². The number of hydrogen-bond donors (Lipinski definition) is 1. The number of esters is 1. The third kappa shape index (κ3) is 4.18. The predicted molar refractivity (Wildman–Crippen MR) is 102 cm³/mol. The maximum absolute atomic E-state index is 13.0. The number of benzene rings is 1. The zero-order valence-electron chi connectivity index (χ0n) is 16.2. The molecule has 1 aromatic carbocycles. The van der Waals surface area contributed by atoms with Crippen LogP contribution < -0.4 is 10.9 Å². The van der Waals surface area contributed by atoms with Crippen LogP contribution in [0.4, 0.5) is 4.39 Å². The highest BCUT2D eigenvalue weighted by molar-refractivity contribution is 6.03. The molecule has 0 aliphatic rings. The van der Waals surface area contributed by atoms with E-state index in [1.54, 1.807) is 26.0 Å². The summed E-state index contributed by atoms with van der Waals surface area (Å²) in [6, 6.07) is 5.36. The number of carbonyl (C=O) groups excluding carboxylic acids is 2. The van der Waals surface area contributed by atoms with E-state index < -0.39 is 17.4 Å². The Morgan fingerprint density at radius 1 is 1.31 bits per heavy atom. The number of furan rings is 1. The number of carbonyl (C=O) groups is 2. The minimum atomic E-state index is -0.685. The van der Waals surface area contributed by atoms with Gasteiger partial charge in [-0.3, -0.25) is 14.2 Å². The molecule has 1 amide bonds. The molecule has 0 bridgehead atoms. The first-order chi connectivity index (χ1) is 13.8. The molecule has 3 aromatic rings. The number of aromatic nitrogens is 2. The smallest absolute Gasteiger partial charge is 0.342 e. The molecule has 2 aromatic heterocycles. The van der Waals surface area contributed by atoms with Crippen LogP contribution in [0.2, 0.25) is 0 Å². The Balaban J connectivity index is 1.84. The molecular formula is C20H20FN3O5. The van der Waals surface area contributed by atoms with Crippen LogP contribution in [0.3, 0.4) is 0 Å². The predicted octanol–water partition coefficient (Wildman–Crippen LogP) is 2.49. The van der Waals surface area contributed by atoms with Gasteiger partial charge in [0.1, 0.15) is 35.4 Å². The van der Waals surface area contributed by atoms with Crippen molar-refractivity contribution in [3.63, 3.8) is 0 Å². The van der Waals surface area contributed by atoms with Crippen LogP contribution in [-0.2, 0) is 16.1 Å². The van der Waals surface area contributed by atoms with Crippen molar-refractivity contribution in [2.24, 2.45) is 0 Å². The number of hydrogen-bond acceptors (Lipinski definition) is 6. The van der Waals surface area contributed by atoms with Crippen molar-refractivity contribution in [2.75, 3.05) is 6.61 Å². The second-order valence-corrected chi connectivity index (χ2v) is 6.45. The topological polar surface area (TPSA) is 103 Å². The van der Waals surface area contributed by atoms with Crippen LogP contribution in [-0.4, -0.2) is 28.0 Å². The molecule has 0 aliphatic carbocycles. The fraction of sp³-hybridized carbons (Fsp3) is 0.300. The molecular weight excluding hydrogens is 381 g/mol. The lowest BCUT2D eigenvalue weighted by atomic mass is 10.1. The first-order valence-electron chi connectivity index (χ1n) is 9.02. The van der Waals surface area contributed by atoms with Gasteiger partial charge in [-0.15, -0.1) is 0 Å². The maximum Gasteiger partial charge on any atom is 0.342 e. The van der Waals surface area contributed by atoms with Crippen LogP contribution in [0.5, 0.6) is 0 Å². The Labute approximate surface area is 165 Å². The van der Waals surface area contributed by atoms with Gasteiger partial charge in [0.25, 0.3) is 5.56 Å². The van der Waals surface area contributed by atoms with Crippen LogP contribution in [0.25, 0.3) is 11.1 Å². The third-order valence-electron chi connectivity index (χ3n) is 4.40. The van der Waals surface area contributed by atoms with Crippen LogP contribution in [0.1, 0.15) is 41.6 Å². The van der Waals surface area contributed by atoms with Gasteiger partial charge in [0.15, 0.2) is 0 Å². The molecule has 0 saturated heterocycles. The minimum Gasteiger partial charge on any atom is -0.462 e. The zero-order chi connectivity index (χ0) is 21.1. The molecule has 0 saturated carbocycles. The number of ether oxygens (including phenoxy) is 1. The monoisotopic (exact) mass is 401 g/mol. The van der Waals surface area contributed by atoms with E-state index in [0.717, 1.165) is 10.1 Å². The van der Waals surface area contributed by atoms with Gasteiger partial charge >= 0.3 is 5.97 Å². The highest BCUT2D eigenvalue weighted by Crippen LogP contribution is 2.21. The Bertz CT molecular complexity index is 1120. The minimum absolute atomic E-state index is 0.00638. The summed E-state index contributed by atoms with van der Waals surface area (Å²) < 4.78 is 24.5. The Morgan fingerprint density at radius 2 is 2.00 bits per heavy atom.